The smallest absolute Gasteiger partial charge is 0.248 e. The lowest BCUT2D eigenvalue weighted by atomic mass is 10.1. The first-order valence-corrected chi connectivity index (χ1v) is 8.09. The number of benzene rings is 2. The van der Waals surface area contributed by atoms with E-state index in [1.165, 1.54) is 5.56 Å². The minimum Gasteiger partial charge on any atom is -0.322 e. The predicted molar refractivity (Wildman–Crippen MR) is 100.0 cm³/mol. The molecule has 0 fully saturated rings. The normalized spacial score (nSPS) is 11.1. The monoisotopic (exact) mass is 316 g/mol. The lowest BCUT2D eigenvalue weighted by Gasteiger charge is -2.07. The molecule has 120 valence electrons. The molecule has 3 rings (SSSR count). The highest BCUT2D eigenvalue weighted by Crippen LogP contribution is 2.22. The van der Waals surface area contributed by atoms with Crippen LogP contribution in [0.3, 0.4) is 0 Å². The summed E-state index contributed by atoms with van der Waals surface area (Å²) in [6, 6.07) is 16.0. The number of rotatable bonds is 4. The number of amides is 1. The van der Waals surface area contributed by atoms with E-state index in [1.807, 2.05) is 49.4 Å². The Bertz CT molecular complexity index is 895. The highest BCUT2D eigenvalue weighted by atomic mass is 16.1. The van der Waals surface area contributed by atoms with Crippen molar-refractivity contribution in [1.29, 1.82) is 0 Å². The molecule has 0 saturated carbocycles. The van der Waals surface area contributed by atoms with Crippen molar-refractivity contribution in [1.82, 2.24) is 4.98 Å². The lowest BCUT2D eigenvalue weighted by Crippen LogP contribution is -2.08. The minimum absolute atomic E-state index is 0.149. The van der Waals surface area contributed by atoms with E-state index in [0.29, 0.717) is 0 Å². The van der Waals surface area contributed by atoms with Crippen LogP contribution in [-0.2, 0) is 11.2 Å². The van der Waals surface area contributed by atoms with E-state index in [0.717, 1.165) is 34.1 Å². The van der Waals surface area contributed by atoms with Crippen LogP contribution in [0.2, 0.25) is 0 Å². The second-order valence-corrected chi connectivity index (χ2v) is 5.80. The molecule has 0 unspecified atom stereocenters. The molecule has 0 aliphatic carbocycles. The topological polar surface area (TPSA) is 42.0 Å². The van der Waals surface area contributed by atoms with E-state index in [4.69, 9.17) is 0 Å². The van der Waals surface area contributed by atoms with E-state index < -0.39 is 0 Å². The van der Waals surface area contributed by atoms with Crippen molar-refractivity contribution < 1.29 is 4.79 Å². The fourth-order valence-corrected chi connectivity index (χ4v) is 2.58. The highest BCUT2D eigenvalue weighted by Gasteiger charge is 2.04. The Labute approximate surface area is 142 Å². The van der Waals surface area contributed by atoms with Gasteiger partial charge in [-0.1, -0.05) is 42.8 Å². The standard InChI is InChI=1S/C21H20N2O/c1-3-16-5-7-17(8-6-16)9-11-21(24)23-20-12-13-22-19-10-4-15(2)14-18(19)20/h4-14H,3H2,1-2H3,(H,22,23,24)/b11-9+. The molecule has 1 heterocycles. The quantitative estimate of drug-likeness (QED) is 0.705. The second-order valence-electron chi connectivity index (χ2n) is 5.80. The number of aryl methyl sites for hydroxylation is 2. The molecule has 1 N–H and O–H groups in total. The van der Waals surface area contributed by atoms with Crippen LogP contribution < -0.4 is 5.32 Å². The minimum atomic E-state index is -0.149. The van der Waals surface area contributed by atoms with Crippen LogP contribution in [0.25, 0.3) is 17.0 Å². The van der Waals surface area contributed by atoms with Crippen LogP contribution >= 0.6 is 0 Å². The van der Waals surface area contributed by atoms with Gasteiger partial charge in [0, 0.05) is 17.7 Å². The summed E-state index contributed by atoms with van der Waals surface area (Å²) in [5, 5.41) is 3.89. The first kappa shape index (κ1) is 15.9. The number of hydrogen-bond donors (Lipinski definition) is 1. The average molecular weight is 316 g/mol. The van der Waals surface area contributed by atoms with Gasteiger partial charge in [-0.15, -0.1) is 0 Å². The third-order valence-electron chi connectivity index (χ3n) is 3.97. The van der Waals surface area contributed by atoms with Gasteiger partial charge in [-0.3, -0.25) is 9.78 Å². The Kier molecular flexibility index (Phi) is 4.71. The van der Waals surface area contributed by atoms with Crippen LogP contribution in [0.4, 0.5) is 5.69 Å². The summed E-state index contributed by atoms with van der Waals surface area (Å²) in [5.41, 5.74) is 5.09. The number of hydrogen-bond acceptors (Lipinski definition) is 2. The molecule has 0 saturated heterocycles. The molecular formula is C21H20N2O. The number of carbonyl (C=O) groups is 1. The molecule has 1 aromatic heterocycles. The largest absolute Gasteiger partial charge is 0.322 e. The third-order valence-corrected chi connectivity index (χ3v) is 3.97. The van der Waals surface area contributed by atoms with Crippen LogP contribution in [-0.4, -0.2) is 10.9 Å². The first-order valence-electron chi connectivity index (χ1n) is 8.09. The molecule has 0 atom stereocenters. The summed E-state index contributed by atoms with van der Waals surface area (Å²) in [6.07, 6.45) is 6.10. The summed E-state index contributed by atoms with van der Waals surface area (Å²) in [7, 11) is 0. The summed E-state index contributed by atoms with van der Waals surface area (Å²) in [4.78, 5) is 16.5. The number of aromatic nitrogens is 1. The SMILES string of the molecule is CCc1ccc(/C=C/C(=O)Nc2ccnc3ccc(C)cc23)cc1. The van der Waals surface area contributed by atoms with Gasteiger partial charge in [-0.25, -0.2) is 0 Å². The number of nitrogens with zero attached hydrogens (tertiary/aromatic N) is 1. The van der Waals surface area contributed by atoms with Gasteiger partial charge in [-0.2, -0.15) is 0 Å². The summed E-state index contributed by atoms with van der Waals surface area (Å²) in [6.45, 7) is 4.15. The summed E-state index contributed by atoms with van der Waals surface area (Å²) in [5.74, 6) is -0.149. The van der Waals surface area contributed by atoms with E-state index in [1.54, 1.807) is 12.3 Å². The number of pyridine rings is 1. The Hall–Kier alpha value is -2.94. The molecule has 0 aliphatic rings. The molecule has 2 aromatic carbocycles. The number of fused-ring (bicyclic) bond motifs is 1. The zero-order valence-corrected chi connectivity index (χ0v) is 13.9. The van der Waals surface area contributed by atoms with Crippen LogP contribution in [0.1, 0.15) is 23.6 Å². The highest BCUT2D eigenvalue weighted by molar-refractivity contribution is 6.06. The maximum absolute atomic E-state index is 12.2. The fraction of sp³-hybridized carbons (Fsp3) is 0.143. The molecule has 0 spiro atoms. The zero-order chi connectivity index (χ0) is 16.9. The van der Waals surface area contributed by atoms with Gasteiger partial charge >= 0.3 is 0 Å². The Morgan fingerprint density at radius 3 is 2.67 bits per heavy atom. The Morgan fingerprint density at radius 2 is 1.92 bits per heavy atom. The first-order chi connectivity index (χ1) is 11.7. The van der Waals surface area contributed by atoms with Crippen LogP contribution in [0.15, 0.2) is 60.8 Å². The maximum Gasteiger partial charge on any atom is 0.248 e. The van der Waals surface area contributed by atoms with Gasteiger partial charge in [0.25, 0.3) is 0 Å². The number of nitrogens with one attached hydrogen (secondary N) is 1. The van der Waals surface area contributed by atoms with Gasteiger partial charge in [0.2, 0.25) is 5.91 Å². The molecule has 3 nitrogen and oxygen atoms in total. The van der Waals surface area contributed by atoms with Gasteiger partial charge in [0.1, 0.15) is 0 Å². The second kappa shape index (κ2) is 7.09. The van der Waals surface area contributed by atoms with Crippen molar-refractivity contribution in [2.75, 3.05) is 5.32 Å². The molecule has 0 radical (unpaired) electrons. The third kappa shape index (κ3) is 3.69. The van der Waals surface area contributed by atoms with Crippen LogP contribution in [0.5, 0.6) is 0 Å². The van der Waals surface area contributed by atoms with E-state index in [2.05, 4.69) is 29.4 Å². The molecule has 1 amide bonds. The van der Waals surface area contributed by atoms with Gasteiger partial charge in [0.05, 0.1) is 11.2 Å². The van der Waals surface area contributed by atoms with E-state index in [-0.39, 0.29) is 5.91 Å². The van der Waals surface area contributed by atoms with Crippen molar-refractivity contribution in [2.45, 2.75) is 20.3 Å². The maximum atomic E-state index is 12.2. The molecule has 24 heavy (non-hydrogen) atoms. The Balaban J connectivity index is 1.77. The molecule has 0 aliphatic heterocycles. The molecule has 0 bridgehead atoms. The number of anilines is 1. The lowest BCUT2D eigenvalue weighted by molar-refractivity contribution is -0.111. The van der Waals surface area contributed by atoms with Crippen molar-refractivity contribution in [3.8, 4) is 0 Å². The molecule has 3 aromatic rings. The van der Waals surface area contributed by atoms with Gasteiger partial charge < -0.3 is 5.32 Å². The zero-order valence-electron chi connectivity index (χ0n) is 13.9. The van der Waals surface area contributed by atoms with Gasteiger partial charge in [0.15, 0.2) is 0 Å². The van der Waals surface area contributed by atoms with E-state index in [9.17, 15) is 4.79 Å². The average Bonchev–Trinajstić information content (AvgIpc) is 2.61. The molecular weight excluding hydrogens is 296 g/mol. The summed E-state index contributed by atoms with van der Waals surface area (Å²) < 4.78 is 0. The predicted octanol–water partition coefficient (Wildman–Crippen LogP) is 4.76. The van der Waals surface area contributed by atoms with Crippen LogP contribution in [0, 0.1) is 6.92 Å². The number of carbonyl (C=O) groups excluding carboxylic acids is 1. The van der Waals surface area contributed by atoms with Crippen molar-refractivity contribution in [3.63, 3.8) is 0 Å². The van der Waals surface area contributed by atoms with E-state index >= 15 is 0 Å². The van der Waals surface area contributed by atoms with Crippen molar-refractivity contribution in [2.24, 2.45) is 0 Å². The molecule has 3 heteroatoms. The fourth-order valence-electron chi connectivity index (χ4n) is 2.58. The van der Waals surface area contributed by atoms with Gasteiger partial charge in [-0.05, 0) is 48.7 Å². The van der Waals surface area contributed by atoms with Crippen molar-refractivity contribution >= 4 is 28.6 Å². The Morgan fingerprint density at radius 1 is 1.12 bits per heavy atom. The van der Waals surface area contributed by atoms with Crippen molar-refractivity contribution in [3.05, 3.63) is 77.5 Å². The summed E-state index contributed by atoms with van der Waals surface area (Å²) >= 11 is 0.